The number of aromatic nitrogens is 2. The smallest absolute Gasteiger partial charge is 0.320 e. The third-order valence-corrected chi connectivity index (χ3v) is 2.81. The van der Waals surface area contributed by atoms with E-state index in [1.807, 2.05) is 10.3 Å². The number of nitro benzene ring substituents is 1. The van der Waals surface area contributed by atoms with E-state index in [1.165, 1.54) is 0 Å². The van der Waals surface area contributed by atoms with Gasteiger partial charge in [0.15, 0.2) is 5.69 Å². The topological polar surface area (TPSA) is 101 Å². The van der Waals surface area contributed by atoms with Crippen molar-refractivity contribution in [3.05, 3.63) is 56.0 Å². The average Bonchev–Trinajstić information content (AvgIpc) is 2.44. The van der Waals surface area contributed by atoms with Gasteiger partial charge in [-0.15, -0.1) is 0 Å². The molecule has 2 N–H and O–H groups in total. The molecule has 0 aliphatic rings. The predicted molar refractivity (Wildman–Crippen MR) is 71.2 cm³/mol. The van der Waals surface area contributed by atoms with E-state index in [2.05, 4.69) is 4.98 Å². The van der Waals surface area contributed by atoms with Crippen molar-refractivity contribution < 1.29 is 31.3 Å². The summed E-state index contributed by atoms with van der Waals surface area (Å²) in [6.45, 7) is 0. The van der Waals surface area contributed by atoms with Crippen LogP contribution in [0.4, 0.5) is 43.7 Å². The molecular formula is C12H6F6N4O3. The monoisotopic (exact) mass is 368 g/mol. The Morgan fingerprint density at radius 3 is 2.24 bits per heavy atom. The number of nitrogens with zero attached hydrogens (tertiary/aromatic N) is 2. The van der Waals surface area contributed by atoms with Crippen molar-refractivity contribution in [2.45, 2.75) is 12.4 Å². The number of H-pyrrole nitrogens is 1. The van der Waals surface area contributed by atoms with Crippen molar-refractivity contribution in [2.24, 2.45) is 0 Å². The SMILES string of the molecule is O=c1cc(C(F)(F)F)nc(Nc2ccc(C(F)(F)F)cc2[N+](=O)[O-])[nH]1. The Hall–Kier alpha value is -3.12. The second kappa shape index (κ2) is 6.07. The minimum Gasteiger partial charge on any atom is -0.320 e. The van der Waals surface area contributed by atoms with Gasteiger partial charge in [0.05, 0.1) is 10.5 Å². The number of hydrogen-bond acceptors (Lipinski definition) is 5. The van der Waals surface area contributed by atoms with Crippen molar-refractivity contribution in [3.63, 3.8) is 0 Å². The first-order chi connectivity index (χ1) is 11.4. The van der Waals surface area contributed by atoms with Crippen LogP contribution in [0.1, 0.15) is 11.3 Å². The van der Waals surface area contributed by atoms with Crippen LogP contribution in [-0.2, 0) is 12.4 Å². The van der Waals surface area contributed by atoms with Crippen LogP contribution in [0.25, 0.3) is 0 Å². The number of alkyl halides is 6. The zero-order chi connectivity index (χ0) is 19.0. The molecule has 0 aliphatic heterocycles. The number of benzene rings is 1. The van der Waals surface area contributed by atoms with Crippen LogP contribution in [0.3, 0.4) is 0 Å². The van der Waals surface area contributed by atoms with E-state index in [0.29, 0.717) is 12.1 Å². The van der Waals surface area contributed by atoms with Crippen molar-refractivity contribution in [2.75, 3.05) is 5.32 Å². The van der Waals surface area contributed by atoms with E-state index < -0.39 is 51.4 Å². The molecule has 0 spiro atoms. The highest BCUT2D eigenvalue weighted by Crippen LogP contribution is 2.36. The number of nitrogens with one attached hydrogen (secondary N) is 2. The van der Waals surface area contributed by atoms with Crippen LogP contribution in [0.5, 0.6) is 0 Å². The predicted octanol–water partition coefficient (Wildman–Crippen LogP) is 3.46. The summed E-state index contributed by atoms with van der Waals surface area (Å²) in [5.41, 5.74) is -5.75. The maximum absolute atomic E-state index is 12.6. The molecule has 0 radical (unpaired) electrons. The number of hydrogen-bond donors (Lipinski definition) is 2. The first-order valence-electron chi connectivity index (χ1n) is 6.19. The fraction of sp³-hybridized carbons (Fsp3) is 0.167. The minimum absolute atomic E-state index is 0.159. The zero-order valence-electron chi connectivity index (χ0n) is 11.7. The molecule has 2 aromatic rings. The maximum atomic E-state index is 12.6. The summed E-state index contributed by atoms with van der Waals surface area (Å²) in [7, 11) is 0. The van der Waals surface area contributed by atoms with Crippen LogP contribution in [0.15, 0.2) is 29.1 Å². The Balaban J connectivity index is 2.49. The second-order valence-electron chi connectivity index (χ2n) is 4.59. The summed E-state index contributed by atoms with van der Waals surface area (Å²) in [6.07, 6.45) is -9.82. The number of aromatic amines is 1. The molecule has 134 valence electrons. The average molecular weight is 368 g/mol. The molecule has 0 saturated heterocycles. The summed E-state index contributed by atoms with van der Waals surface area (Å²) in [4.78, 5) is 25.9. The lowest BCUT2D eigenvalue weighted by Gasteiger charge is -2.11. The molecule has 0 unspecified atom stereocenters. The highest BCUT2D eigenvalue weighted by atomic mass is 19.4. The first kappa shape index (κ1) is 18.2. The molecule has 25 heavy (non-hydrogen) atoms. The molecule has 13 heteroatoms. The Morgan fingerprint density at radius 2 is 1.72 bits per heavy atom. The van der Waals surface area contributed by atoms with Gasteiger partial charge in [-0.1, -0.05) is 0 Å². The van der Waals surface area contributed by atoms with E-state index >= 15 is 0 Å². The lowest BCUT2D eigenvalue weighted by atomic mass is 10.1. The fourth-order valence-corrected chi connectivity index (χ4v) is 1.75. The van der Waals surface area contributed by atoms with Crippen LogP contribution in [0, 0.1) is 10.1 Å². The summed E-state index contributed by atoms with van der Waals surface area (Å²) >= 11 is 0. The molecule has 0 atom stereocenters. The number of halogens is 6. The van der Waals surface area contributed by atoms with Crippen LogP contribution in [-0.4, -0.2) is 14.9 Å². The molecule has 0 bridgehead atoms. The number of nitro groups is 1. The van der Waals surface area contributed by atoms with Crippen molar-refractivity contribution >= 4 is 17.3 Å². The van der Waals surface area contributed by atoms with Crippen LogP contribution in [0.2, 0.25) is 0 Å². The number of anilines is 2. The zero-order valence-corrected chi connectivity index (χ0v) is 11.7. The second-order valence-corrected chi connectivity index (χ2v) is 4.59. The van der Waals surface area contributed by atoms with Crippen molar-refractivity contribution in [3.8, 4) is 0 Å². The third kappa shape index (κ3) is 4.24. The molecule has 0 amide bonds. The molecule has 0 fully saturated rings. The Labute approximate surface area is 133 Å². The van der Waals surface area contributed by atoms with Crippen molar-refractivity contribution in [1.82, 2.24) is 9.97 Å². The summed E-state index contributed by atoms with van der Waals surface area (Å²) in [5.74, 6) is -0.817. The Kier molecular flexibility index (Phi) is 4.42. The van der Waals surface area contributed by atoms with E-state index in [1.54, 1.807) is 0 Å². The van der Waals surface area contributed by atoms with E-state index in [4.69, 9.17) is 0 Å². The normalized spacial score (nSPS) is 12.1. The van der Waals surface area contributed by atoms with Gasteiger partial charge in [0.25, 0.3) is 11.2 Å². The first-order valence-corrected chi connectivity index (χ1v) is 6.19. The quantitative estimate of drug-likeness (QED) is 0.491. The molecule has 0 aliphatic carbocycles. The Morgan fingerprint density at radius 1 is 1.08 bits per heavy atom. The van der Waals surface area contributed by atoms with Gasteiger partial charge < -0.3 is 5.32 Å². The lowest BCUT2D eigenvalue weighted by molar-refractivity contribution is -0.384. The molecule has 1 heterocycles. The van der Waals surface area contributed by atoms with Gasteiger partial charge in [-0.2, -0.15) is 26.3 Å². The largest absolute Gasteiger partial charge is 0.433 e. The Bertz CT molecular complexity index is 874. The minimum atomic E-state index is -4.96. The molecule has 0 saturated carbocycles. The van der Waals surface area contributed by atoms with Gasteiger partial charge in [0.2, 0.25) is 5.95 Å². The van der Waals surface area contributed by atoms with Gasteiger partial charge >= 0.3 is 12.4 Å². The molecule has 7 nitrogen and oxygen atoms in total. The van der Waals surface area contributed by atoms with Crippen LogP contribution >= 0.6 is 0 Å². The molecule has 1 aromatic heterocycles. The molecule has 2 rings (SSSR count). The van der Waals surface area contributed by atoms with Gasteiger partial charge in [0.1, 0.15) is 5.69 Å². The highest BCUT2D eigenvalue weighted by Gasteiger charge is 2.35. The molecular weight excluding hydrogens is 362 g/mol. The van der Waals surface area contributed by atoms with Gasteiger partial charge in [-0.25, -0.2) is 4.98 Å². The van der Waals surface area contributed by atoms with E-state index in [9.17, 15) is 41.3 Å². The standard InChI is InChI=1S/C12H6F6N4O3/c13-11(14,15)5-1-2-6(7(3-5)22(24)25)19-10-20-8(12(16,17)18)4-9(23)21-10/h1-4H,(H2,19,20,21,23). The highest BCUT2D eigenvalue weighted by molar-refractivity contribution is 5.67. The van der Waals surface area contributed by atoms with Crippen LogP contribution < -0.4 is 10.9 Å². The van der Waals surface area contributed by atoms with Gasteiger partial charge in [-0.05, 0) is 12.1 Å². The summed E-state index contributed by atoms with van der Waals surface area (Å²) in [6, 6.07) is 1.49. The van der Waals surface area contributed by atoms with E-state index in [-0.39, 0.29) is 12.1 Å². The van der Waals surface area contributed by atoms with Gasteiger partial charge in [0, 0.05) is 12.1 Å². The lowest BCUT2D eigenvalue weighted by Crippen LogP contribution is -2.18. The summed E-state index contributed by atoms with van der Waals surface area (Å²) in [5, 5.41) is 12.9. The third-order valence-electron chi connectivity index (χ3n) is 2.81. The van der Waals surface area contributed by atoms with Crippen molar-refractivity contribution in [1.29, 1.82) is 0 Å². The number of rotatable bonds is 3. The van der Waals surface area contributed by atoms with Gasteiger partial charge in [-0.3, -0.25) is 19.9 Å². The fourth-order valence-electron chi connectivity index (χ4n) is 1.75. The molecule has 1 aromatic carbocycles. The van der Waals surface area contributed by atoms with E-state index in [0.717, 1.165) is 0 Å². The maximum Gasteiger partial charge on any atom is 0.433 e. The summed E-state index contributed by atoms with van der Waals surface area (Å²) < 4.78 is 75.6.